The first-order valence-electron chi connectivity index (χ1n) is 6.53. The van der Waals surface area contributed by atoms with E-state index < -0.39 is 0 Å². The van der Waals surface area contributed by atoms with Crippen molar-refractivity contribution in [3.05, 3.63) is 35.6 Å². The summed E-state index contributed by atoms with van der Waals surface area (Å²) in [6.07, 6.45) is 0. The van der Waals surface area contributed by atoms with Gasteiger partial charge in [-0.05, 0) is 31.3 Å². The number of hydrogen-bond donors (Lipinski definition) is 2. The lowest BCUT2D eigenvalue weighted by Gasteiger charge is -2.16. The topological polar surface area (TPSA) is 39.7 Å². The number of halogens is 2. The Balaban J connectivity index is 0.00000361. The van der Waals surface area contributed by atoms with Crippen LogP contribution in [0.1, 0.15) is 12.5 Å². The SMILES string of the molecule is CCN(C)CCNC(=NC)NCc1ccc(F)cc1.I. The van der Waals surface area contributed by atoms with Crippen molar-refractivity contribution in [3.8, 4) is 0 Å². The van der Waals surface area contributed by atoms with Crippen molar-refractivity contribution in [2.45, 2.75) is 13.5 Å². The van der Waals surface area contributed by atoms with Gasteiger partial charge in [-0.2, -0.15) is 0 Å². The van der Waals surface area contributed by atoms with Gasteiger partial charge in [0.1, 0.15) is 5.82 Å². The van der Waals surface area contributed by atoms with Crippen molar-refractivity contribution in [3.63, 3.8) is 0 Å². The molecule has 0 aliphatic carbocycles. The second kappa shape index (κ2) is 10.8. The van der Waals surface area contributed by atoms with Crippen molar-refractivity contribution in [2.75, 3.05) is 33.7 Å². The summed E-state index contributed by atoms with van der Waals surface area (Å²) in [5.74, 6) is 0.544. The predicted molar refractivity (Wildman–Crippen MR) is 93.2 cm³/mol. The van der Waals surface area contributed by atoms with Crippen molar-refractivity contribution < 1.29 is 4.39 Å². The average molecular weight is 394 g/mol. The Labute approximate surface area is 137 Å². The molecule has 0 bridgehead atoms. The molecule has 0 spiro atoms. The highest BCUT2D eigenvalue weighted by Gasteiger charge is 1.99. The van der Waals surface area contributed by atoms with E-state index in [2.05, 4.69) is 34.5 Å². The number of nitrogens with one attached hydrogen (secondary N) is 2. The largest absolute Gasteiger partial charge is 0.355 e. The Kier molecular flexibility index (Phi) is 10.4. The van der Waals surface area contributed by atoms with E-state index in [1.807, 2.05) is 0 Å². The zero-order chi connectivity index (χ0) is 14.1. The van der Waals surface area contributed by atoms with Crippen molar-refractivity contribution >= 4 is 29.9 Å². The fourth-order valence-electron chi connectivity index (χ4n) is 1.53. The Morgan fingerprint density at radius 3 is 2.45 bits per heavy atom. The second-order valence-corrected chi connectivity index (χ2v) is 4.37. The van der Waals surface area contributed by atoms with E-state index in [1.165, 1.54) is 12.1 Å². The van der Waals surface area contributed by atoms with Crippen LogP contribution in [0.5, 0.6) is 0 Å². The smallest absolute Gasteiger partial charge is 0.191 e. The zero-order valence-corrected chi connectivity index (χ0v) is 14.6. The van der Waals surface area contributed by atoms with Crippen molar-refractivity contribution in [1.82, 2.24) is 15.5 Å². The molecule has 0 aliphatic heterocycles. The van der Waals surface area contributed by atoms with Gasteiger partial charge in [0.15, 0.2) is 5.96 Å². The van der Waals surface area contributed by atoms with Gasteiger partial charge in [-0.25, -0.2) is 4.39 Å². The molecule has 114 valence electrons. The second-order valence-electron chi connectivity index (χ2n) is 4.37. The van der Waals surface area contributed by atoms with Crippen LogP contribution in [0.3, 0.4) is 0 Å². The highest BCUT2D eigenvalue weighted by atomic mass is 127. The van der Waals surface area contributed by atoms with Gasteiger partial charge in [0.05, 0.1) is 0 Å². The molecule has 0 heterocycles. The molecule has 6 heteroatoms. The molecule has 0 saturated heterocycles. The molecule has 0 atom stereocenters. The maximum atomic E-state index is 12.8. The summed E-state index contributed by atoms with van der Waals surface area (Å²) in [7, 11) is 3.82. The lowest BCUT2D eigenvalue weighted by atomic mass is 10.2. The van der Waals surface area contributed by atoms with Gasteiger partial charge in [-0.1, -0.05) is 19.1 Å². The predicted octanol–water partition coefficient (Wildman–Crippen LogP) is 2.06. The maximum absolute atomic E-state index is 12.8. The van der Waals surface area contributed by atoms with E-state index in [1.54, 1.807) is 19.2 Å². The summed E-state index contributed by atoms with van der Waals surface area (Å²) < 4.78 is 12.8. The number of rotatable bonds is 6. The highest BCUT2D eigenvalue weighted by molar-refractivity contribution is 14.0. The molecule has 20 heavy (non-hydrogen) atoms. The van der Waals surface area contributed by atoms with Crippen LogP contribution in [0, 0.1) is 5.82 Å². The number of hydrogen-bond acceptors (Lipinski definition) is 2. The van der Waals surface area contributed by atoms with E-state index in [9.17, 15) is 4.39 Å². The van der Waals surface area contributed by atoms with Gasteiger partial charge >= 0.3 is 0 Å². The molecule has 0 fully saturated rings. The van der Waals surface area contributed by atoms with Crippen molar-refractivity contribution in [2.24, 2.45) is 4.99 Å². The number of aliphatic imine (C=N–C) groups is 1. The Bertz CT molecular complexity index is 395. The van der Waals surface area contributed by atoms with E-state index in [0.717, 1.165) is 31.2 Å². The van der Waals surface area contributed by atoms with Gasteiger partial charge in [0, 0.05) is 26.7 Å². The summed E-state index contributed by atoms with van der Waals surface area (Å²) in [5.41, 5.74) is 1.02. The minimum absolute atomic E-state index is 0. The number of benzene rings is 1. The third-order valence-electron chi connectivity index (χ3n) is 2.92. The van der Waals surface area contributed by atoms with Crippen LogP contribution in [-0.2, 0) is 6.54 Å². The molecular weight excluding hydrogens is 370 g/mol. The standard InChI is InChI=1S/C14H23FN4.HI/c1-4-19(3)10-9-17-14(16-2)18-11-12-5-7-13(15)8-6-12;/h5-8H,4,9-11H2,1-3H3,(H2,16,17,18);1H. The number of guanidine groups is 1. The molecule has 0 saturated carbocycles. The molecule has 0 aromatic heterocycles. The third kappa shape index (κ3) is 7.64. The van der Waals surface area contributed by atoms with Crippen LogP contribution < -0.4 is 10.6 Å². The van der Waals surface area contributed by atoms with Crippen LogP contribution in [0.4, 0.5) is 4.39 Å². The molecule has 1 rings (SSSR count). The fourth-order valence-corrected chi connectivity index (χ4v) is 1.53. The summed E-state index contributed by atoms with van der Waals surface area (Å²) in [6.45, 7) is 5.59. The summed E-state index contributed by atoms with van der Waals surface area (Å²) in [5, 5.41) is 6.43. The van der Waals surface area contributed by atoms with Gasteiger partial charge in [0.2, 0.25) is 0 Å². The lowest BCUT2D eigenvalue weighted by molar-refractivity contribution is 0.357. The van der Waals surface area contributed by atoms with E-state index in [0.29, 0.717) is 6.54 Å². The first-order chi connectivity index (χ1) is 9.15. The van der Waals surface area contributed by atoms with Gasteiger partial charge < -0.3 is 15.5 Å². The summed E-state index contributed by atoms with van der Waals surface area (Å²) in [6, 6.07) is 6.45. The zero-order valence-electron chi connectivity index (χ0n) is 12.3. The summed E-state index contributed by atoms with van der Waals surface area (Å²) >= 11 is 0. The van der Waals surface area contributed by atoms with Gasteiger partial charge in [-0.3, -0.25) is 4.99 Å². The third-order valence-corrected chi connectivity index (χ3v) is 2.92. The van der Waals surface area contributed by atoms with E-state index >= 15 is 0 Å². The summed E-state index contributed by atoms with van der Waals surface area (Å²) in [4.78, 5) is 6.37. The Morgan fingerprint density at radius 1 is 1.25 bits per heavy atom. The van der Waals surface area contributed by atoms with E-state index in [-0.39, 0.29) is 29.8 Å². The number of nitrogens with zero attached hydrogens (tertiary/aromatic N) is 2. The normalized spacial score (nSPS) is 11.2. The van der Waals surface area contributed by atoms with Gasteiger partial charge in [0.25, 0.3) is 0 Å². The Morgan fingerprint density at radius 2 is 1.90 bits per heavy atom. The molecule has 1 aromatic rings. The van der Waals surface area contributed by atoms with E-state index in [4.69, 9.17) is 0 Å². The minimum atomic E-state index is -0.214. The Hall–Kier alpha value is -0.890. The minimum Gasteiger partial charge on any atom is -0.355 e. The number of likely N-dealkylation sites (N-methyl/N-ethyl adjacent to an activating group) is 1. The van der Waals surface area contributed by atoms with Crippen LogP contribution in [-0.4, -0.2) is 44.6 Å². The fraction of sp³-hybridized carbons (Fsp3) is 0.500. The molecule has 2 N–H and O–H groups in total. The highest BCUT2D eigenvalue weighted by Crippen LogP contribution is 2.01. The monoisotopic (exact) mass is 394 g/mol. The van der Waals surface area contributed by atoms with Crippen LogP contribution in [0.25, 0.3) is 0 Å². The van der Waals surface area contributed by atoms with Crippen LogP contribution in [0.15, 0.2) is 29.3 Å². The lowest BCUT2D eigenvalue weighted by Crippen LogP contribution is -2.40. The molecule has 4 nitrogen and oxygen atoms in total. The average Bonchev–Trinajstić information content (AvgIpc) is 2.44. The molecule has 0 radical (unpaired) electrons. The maximum Gasteiger partial charge on any atom is 0.191 e. The molecule has 0 unspecified atom stereocenters. The molecule has 0 aliphatic rings. The van der Waals surface area contributed by atoms with Crippen LogP contribution >= 0.6 is 24.0 Å². The van der Waals surface area contributed by atoms with Crippen LogP contribution in [0.2, 0.25) is 0 Å². The first-order valence-corrected chi connectivity index (χ1v) is 6.53. The van der Waals surface area contributed by atoms with Gasteiger partial charge in [-0.15, -0.1) is 24.0 Å². The molecular formula is C14H24FIN4. The molecule has 1 aromatic carbocycles. The molecule has 0 amide bonds. The van der Waals surface area contributed by atoms with Crippen molar-refractivity contribution in [1.29, 1.82) is 0 Å². The quantitative estimate of drug-likeness (QED) is 0.441. The first kappa shape index (κ1) is 19.1.